The van der Waals surface area contributed by atoms with Crippen LogP contribution in [0, 0.1) is 19.3 Å². The Kier molecular flexibility index (Phi) is 6.31. The molecule has 1 atom stereocenters. The van der Waals surface area contributed by atoms with Gasteiger partial charge in [0.15, 0.2) is 0 Å². The van der Waals surface area contributed by atoms with Crippen LogP contribution in [-0.4, -0.2) is 12.5 Å². The normalized spacial score (nSPS) is 15.8. The maximum absolute atomic E-state index is 12.7. The zero-order valence-corrected chi connectivity index (χ0v) is 19.9. The number of nitrogens with one attached hydrogen (secondary N) is 1. The molecular weight excluding hydrogens is 370 g/mol. The molecule has 0 bridgehead atoms. The number of carbonyl (C=O) groups excluding carboxylic acids is 1. The third kappa shape index (κ3) is 4.40. The maximum atomic E-state index is 12.7. The Morgan fingerprint density at radius 3 is 2.30 bits per heavy atom. The highest BCUT2D eigenvalue weighted by atomic mass is 16.5. The summed E-state index contributed by atoms with van der Waals surface area (Å²) in [6, 6.07) is 8.94. The lowest BCUT2D eigenvalue weighted by Gasteiger charge is -2.23. The average molecular weight is 408 g/mol. The maximum Gasteiger partial charge on any atom is 0.224 e. The lowest BCUT2D eigenvalue weighted by Crippen LogP contribution is -2.21. The number of amides is 1. The van der Waals surface area contributed by atoms with E-state index in [0.717, 1.165) is 29.0 Å². The van der Waals surface area contributed by atoms with E-state index < -0.39 is 0 Å². The van der Waals surface area contributed by atoms with E-state index in [2.05, 4.69) is 85.0 Å². The van der Waals surface area contributed by atoms with Gasteiger partial charge < -0.3 is 10.1 Å². The summed E-state index contributed by atoms with van der Waals surface area (Å²) in [5, 5.41) is 3.24. The topological polar surface area (TPSA) is 38.3 Å². The molecule has 1 N–H and O–H groups in total. The second-order valence-corrected chi connectivity index (χ2v) is 10.2. The molecule has 0 radical (unpaired) electrons. The van der Waals surface area contributed by atoms with Crippen LogP contribution < -0.4 is 10.1 Å². The van der Waals surface area contributed by atoms with E-state index in [1.165, 1.54) is 22.3 Å². The first kappa shape index (κ1) is 22.4. The molecule has 0 spiro atoms. The van der Waals surface area contributed by atoms with Crippen LogP contribution in [0.15, 0.2) is 24.3 Å². The van der Waals surface area contributed by atoms with Crippen LogP contribution in [0.1, 0.15) is 93.2 Å². The third-order valence-electron chi connectivity index (χ3n) is 6.18. The van der Waals surface area contributed by atoms with Crippen LogP contribution in [0.2, 0.25) is 0 Å². The molecule has 0 fully saturated rings. The highest BCUT2D eigenvalue weighted by molar-refractivity contribution is 5.93. The van der Waals surface area contributed by atoms with Crippen molar-refractivity contribution >= 4 is 11.6 Å². The van der Waals surface area contributed by atoms with Gasteiger partial charge in [-0.3, -0.25) is 4.79 Å². The van der Waals surface area contributed by atoms with Crippen LogP contribution in [-0.2, 0) is 11.2 Å². The molecule has 0 aliphatic carbocycles. The van der Waals surface area contributed by atoms with Crippen molar-refractivity contribution < 1.29 is 9.53 Å². The summed E-state index contributed by atoms with van der Waals surface area (Å²) in [4.78, 5) is 12.7. The van der Waals surface area contributed by atoms with E-state index in [-0.39, 0.29) is 17.2 Å². The molecule has 1 unspecified atom stereocenters. The molecule has 2 aromatic rings. The van der Waals surface area contributed by atoms with Crippen LogP contribution >= 0.6 is 0 Å². The minimum Gasteiger partial charge on any atom is -0.492 e. The number of benzene rings is 2. The van der Waals surface area contributed by atoms with Gasteiger partial charge in [-0.15, -0.1) is 0 Å². The standard InChI is InChI=1S/C27H37NO2/c1-9-21-17(4)25(28-23(29)14-27(6,7)8)18(5)24-22(15-30-26(21)24)20-12-10-19(11-13-20)16(2)3/h10-13,16,22H,9,14-15H2,1-8H3,(H,28,29). The molecule has 0 aromatic heterocycles. The second kappa shape index (κ2) is 8.45. The largest absolute Gasteiger partial charge is 0.492 e. The zero-order valence-electron chi connectivity index (χ0n) is 19.9. The zero-order chi connectivity index (χ0) is 22.2. The Morgan fingerprint density at radius 2 is 1.77 bits per heavy atom. The number of fused-ring (bicyclic) bond motifs is 1. The van der Waals surface area contributed by atoms with Crippen molar-refractivity contribution in [2.24, 2.45) is 5.41 Å². The van der Waals surface area contributed by atoms with Gasteiger partial charge in [-0.05, 0) is 59.4 Å². The molecular formula is C27H37NO2. The molecule has 162 valence electrons. The highest BCUT2D eigenvalue weighted by Crippen LogP contribution is 2.47. The van der Waals surface area contributed by atoms with Crippen molar-refractivity contribution in [1.29, 1.82) is 0 Å². The van der Waals surface area contributed by atoms with Crippen molar-refractivity contribution in [3.8, 4) is 5.75 Å². The molecule has 3 heteroatoms. The summed E-state index contributed by atoms with van der Waals surface area (Å²) in [5.74, 6) is 1.82. The summed E-state index contributed by atoms with van der Waals surface area (Å²) in [7, 11) is 0. The van der Waals surface area contributed by atoms with E-state index in [4.69, 9.17) is 4.74 Å². The van der Waals surface area contributed by atoms with Crippen LogP contribution in [0.4, 0.5) is 5.69 Å². The number of rotatable bonds is 5. The fourth-order valence-corrected chi connectivity index (χ4v) is 4.56. The first-order valence-electron chi connectivity index (χ1n) is 11.2. The summed E-state index contributed by atoms with van der Waals surface area (Å²) >= 11 is 0. The average Bonchev–Trinajstić information content (AvgIpc) is 3.09. The molecule has 1 aliphatic heterocycles. The Labute approximate surface area is 182 Å². The molecule has 3 rings (SSSR count). The minimum atomic E-state index is -0.0417. The van der Waals surface area contributed by atoms with E-state index in [0.29, 0.717) is 18.9 Å². The van der Waals surface area contributed by atoms with Crippen molar-refractivity contribution in [2.75, 3.05) is 11.9 Å². The quantitative estimate of drug-likeness (QED) is 0.586. The van der Waals surface area contributed by atoms with Gasteiger partial charge in [-0.1, -0.05) is 65.8 Å². The number of ether oxygens (including phenoxy) is 1. The van der Waals surface area contributed by atoms with Gasteiger partial charge in [-0.25, -0.2) is 0 Å². The van der Waals surface area contributed by atoms with E-state index in [1.54, 1.807) is 0 Å². The highest BCUT2D eigenvalue weighted by Gasteiger charge is 2.33. The third-order valence-corrected chi connectivity index (χ3v) is 6.18. The lowest BCUT2D eigenvalue weighted by molar-refractivity contribution is -0.117. The number of hydrogen-bond acceptors (Lipinski definition) is 2. The Balaban J connectivity index is 2.04. The second-order valence-electron chi connectivity index (χ2n) is 10.2. The first-order valence-corrected chi connectivity index (χ1v) is 11.2. The van der Waals surface area contributed by atoms with Gasteiger partial charge in [0.1, 0.15) is 5.75 Å². The van der Waals surface area contributed by atoms with Gasteiger partial charge in [0.05, 0.1) is 6.61 Å². The Hall–Kier alpha value is -2.29. The molecule has 0 saturated heterocycles. The first-order chi connectivity index (χ1) is 14.0. The Morgan fingerprint density at radius 1 is 1.13 bits per heavy atom. The lowest BCUT2D eigenvalue weighted by atomic mass is 9.85. The number of carbonyl (C=O) groups is 1. The molecule has 2 aromatic carbocycles. The van der Waals surface area contributed by atoms with Crippen molar-refractivity contribution in [1.82, 2.24) is 0 Å². The van der Waals surface area contributed by atoms with Gasteiger partial charge in [0, 0.05) is 23.6 Å². The van der Waals surface area contributed by atoms with Gasteiger partial charge in [-0.2, -0.15) is 0 Å². The van der Waals surface area contributed by atoms with E-state index >= 15 is 0 Å². The number of hydrogen-bond donors (Lipinski definition) is 1. The monoisotopic (exact) mass is 407 g/mol. The van der Waals surface area contributed by atoms with Gasteiger partial charge >= 0.3 is 0 Å². The van der Waals surface area contributed by atoms with E-state index in [1.807, 2.05) is 0 Å². The minimum absolute atomic E-state index is 0.0417. The molecule has 1 amide bonds. The fraction of sp³-hybridized carbons (Fsp3) is 0.519. The predicted molar refractivity (Wildman–Crippen MR) is 126 cm³/mol. The molecule has 1 heterocycles. The smallest absolute Gasteiger partial charge is 0.224 e. The summed E-state index contributed by atoms with van der Waals surface area (Å²) in [6.45, 7) is 17.8. The van der Waals surface area contributed by atoms with Crippen LogP contribution in [0.3, 0.4) is 0 Å². The summed E-state index contributed by atoms with van der Waals surface area (Å²) < 4.78 is 6.25. The van der Waals surface area contributed by atoms with Crippen LogP contribution in [0.5, 0.6) is 5.75 Å². The summed E-state index contributed by atoms with van der Waals surface area (Å²) in [5.41, 5.74) is 8.27. The van der Waals surface area contributed by atoms with Gasteiger partial charge in [0.25, 0.3) is 0 Å². The SMILES string of the molecule is CCc1c(C)c(NC(=O)CC(C)(C)C)c(C)c2c1OCC2c1ccc(C(C)C)cc1. The Bertz CT molecular complexity index is 933. The predicted octanol–water partition coefficient (Wildman–Crippen LogP) is 6.89. The molecule has 1 aliphatic rings. The summed E-state index contributed by atoms with van der Waals surface area (Å²) in [6.07, 6.45) is 1.39. The van der Waals surface area contributed by atoms with Gasteiger partial charge in [0.2, 0.25) is 5.91 Å². The number of anilines is 1. The van der Waals surface area contributed by atoms with Crippen LogP contribution in [0.25, 0.3) is 0 Å². The molecule has 3 nitrogen and oxygen atoms in total. The van der Waals surface area contributed by atoms with E-state index in [9.17, 15) is 4.79 Å². The van der Waals surface area contributed by atoms with Crippen molar-refractivity contribution in [3.63, 3.8) is 0 Å². The van der Waals surface area contributed by atoms with Crippen molar-refractivity contribution in [2.45, 2.75) is 80.1 Å². The van der Waals surface area contributed by atoms with Crippen molar-refractivity contribution in [3.05, 3.63) is 57.6 Å². The fourth-order valence-electron chi connectivity index (χ4n) is 4.56. The molecule has 30 heavy (non-hydrogen) atoms. The molecule has 0 saturated carbocycles.